The van der Waals surface area contributed by atoms with E-state index in [0.717, 1.165) is 35.5 Å². The number of hydrogen-bond donors (Lipinski definition) is 0. The molecular weight excluding hydrogens is 304 g/mol. The first-order valence-corrected chi connectivity index (χ1v) is 10.9. The summed E-state index contributed by atoms with van der Waals surface area (Å²) >= 11 is 0. The molecule has 0 bridgehead atoms. The summed E-state index contributed by atoms with van der Waals surface area (Å²) in [5.74, 6) is 5.98. The van der Waals surface area contributed by atoms with E-state index in [9.17, 15) is 0 Å². The molecule has 6 unspecified atom stereocenters. The van der Waals surface area contributed by atoms with Crippen LogP contribution in [0.25, 0.3) is 0 Å². The lowest BCUT2D eigenvalue weighted by Gasteiger charge is -2.37. The third-order valence-electron chi connectivity index (χ3n) is 7.38. The van der Waals surface area contributed by atoms with Gasteiger partial charge in [0.25, 0.3) is 0 Å². The van der Waals surface area contributed by atoms with Crippen molar-refractivity contribution in [1.29, 1.82) is 0 Å². The topological polar surface area (TPSA) is 26.5 Å². The summed E-state index contributed by atoms with van der Waals surface area (Å²) in [4.78, 5) is 0. The minimum atomic E-state index is 0.628. The van der Waals surface area contributed by atoms with Gasteiger partial charge >= 0.3 is 0 Å². The van der Waals surface area contributed by atoms with Gasteiger partial charge < -0.3 is 0 Å². The van der Waals surface area contributed by atoms with E-state index < -0.39 is 0 Å². The molecule has 0 saturated heterocycles. The summed E-state index contributed by atoms with van der Waals surface area (Å²) in [7, 11) is 0. The van der Waals surface area contributed by atoms with Crippen molar-refractivity contribution >= 4 is 5.71 Å². The van der Waals surface area contributed by atoms with Crippen molar-refractivity contribution in [1.82, 2.24) is 5.43 Å². The minimum absolute atomic E-state index is 0.628. The summed E-state index contributed by atoms with van der Waals surface area (Å²) in [6.07, 6.45) is 10.5. The fraction of sp³-hybridized carbons (Fsp3) is 0.870. The van der Waals surface area contributed by atoms with Crippen LogP contribution in [-0.4, -0.2) is 5.71 Å². The molecule has 0 N–H and O–H groups in total. The Balaban J connectivity index is 1.77. The minimum Gasteiger partial charge on any atom is -0.155 e. The van der Waals surface area contributed by atoms with Crippen LogP contribution in [0.4, 0.5) is 0 Å². The zero-order valence-electron chi connectivity index (χ0n) is 17.3. The molecule has 2 heteroatoms. The second kappa shape index (κ2) is 7.84. The smallest absolute Gasteiger partial charge is 0.0683 e. The van der Waals surface area contributed by atoms with E-state index in [0.29, 0.717) is 11.8 Å². The van der Waals surface area contributed by atoms with Crippen LogP contribution in [0.1, 0.15) is 80.1 Å². The third-order valence-corrected chi connectivity index (χ3v) is 7.38. The van der Waals surface area contributed by atoms with Crippen molar-refractivity contribution in [2.45, 2.75) is 80.1 Å². The van der Waals surface area contributed by atoms with E-state index in [-0.39, 0.29) is 0 Å². The summed E-state index contributed by atoms with van der Waals surface area (Å²) in [6, 6.07) is 0. The van der Waals surface area contributed by atoms with Crippen LogP contribution in [0.5, 0.6) is 0 Å². The summed E-state index contributed by atoms with van der Waals surface area (Å²) in [6.45, 7) is 14.4. The second-order valence-electron chi connectivity index (χ2n) is 10.1. The number of allylic oxidation sites excluding steroid dienone is 2. The van der Waals surface area contributed by atoms with Gasteiger partial charge in [0, 0.05) is 11.8 Å². The molecule has 0 aromatic rings. The summed E-state index contributed by atoms with van der Waals surface area (Å²) in [5, 5.41) is 4.75. The van der Waals surface area contributed by atoms with E-state index in [1.807, 2.05) is 0 Å². The number of rotatable bonds is 4. The average molecular weight is 344 g/mol. The Morgan fingerprint density at radius 2 is 1.32 bits per heavy atom. The third kappa shape index (κ3) is 4.14. The quantitative estimate of drug-likeness (QED) is 0.576. The highest BCUT2D eigenvalue weighted by Gasteiger charge is 2.38. The molecule has 2 nitrogen and oxygen atoms in total. The normalized spacial score (nSPS) is 39.4. The van der Waals surface area contributed by atoms with Crippen molar-refractivity contribution in [2.24, 2.45) is 52.4 Å². The molecule has 3 rings (SSSR count). The average Bonchev–Trinajstić information content (AvgIpc) is 3.03. The molecule has 0 spiro atoms. The van der Waals surface area contributed by atoms with Gasteiger partial charge in [-0.15, -0.1) is 0 Å². The lowest BCUT2D eigenvalue weighted by atomic mass is 9.67. The fourth-order valence-electron chi connectivity index (χ4n) is 5.77. The van der Waals surface area contributed by atoms with Gasteiger partial charge in [-0.3, -0.25) is 0 Å². The van der Waals surface area contributed by atoms with Crippen molar-refractivity contribution in [3.8, 4) is 0 Å². The maximum Gasteiger partial charge on any atom is 0.0683 e. The van der Waals surface area contributed by atoms with Crippen LogP contribution in [0, 0.1) is 47.3 Å². The zero-order valence-corrected chi connectivity index (χ0v) is 17.3. The second-order valence-corrected chi connectivity index (χ2v) is 10.1. The first-order chi connectivity index (χ1) is 11.9. The van der Waals surface area contributed by atoms with Gasteiger partial charge in [0.2, 0.25) is 0 Å². The molecule has 141 valence electrons. The first-order valence-electron chi connectivity index (χ1n) is 10.9. The molecule has 1 heterocycles. The Morgan fingerprint density at radius 1 is 0.800 bits per heavy atom. The predicted octanol–water partition coefficient (Wildman–Crippen LogP) is 6.26. The van der Waals surface area contributed by atoms with Crippen LogP contribution in [-0.2, 0) is 0 Å². The Labute approximate surface area is 155 Å². The predicted molar refractivity (Wildman–Crippen MR) is 107 cm³/mol. The van der Waals surface area contributed by atoms with E-state index in [1.165, 1.54) is 49.9 Å². The molecule has 3 aliphatic rings. The maximum atomic E-state index is 4.75. The van der Waals surface area contributed by atoms with Crippen molar-refractivity contribution in [3.63, 3.8) is 0 Å². The van der Waals surface area contributed by atoms with Gasteiger partial charge in [-0.05, 0) is 67.3 Å². The molecule has 0 aromatic heterocycles. The van der Waals surface area contributed by atoms with Gasteiger partial charge in [0.15, 0.2) is 0 Å². The Kier molecular flexibility index (Phi) is 5.96. The van der Waals surface area contributed by atoms with Crippen LogP contribution in [0.3, 0.4) is 0 Å². The van der Waals surface area contributed by atoms with E-state index in [2.05, 4.69) is 47.6 Å². The summed E-state index contributed by atoms with van der Waals surface area (Å²) < 4.78 is 0. The molecule has 2 fully saturated rings. The van der Waals surface area contributed by atoms with E-state index >= 15 is 0 Å². The Bertz CT molecular complexity index is 516. The van der Waals surface area contributed by atoms with Crippen LogP contribution < -0.4 is 5.43 Å². The van der Waals surface area contributed by atoms with Gasteiger partial charge in [-0.1, -0.05) is 54.4 Å². The monoisotopic (exact) mass is 343 g/mol. The molecule has 2 saturated carbocycles. The van der Waals surface area contributed by atoms with Gasteiger partial charge in [0.1, 0.15) is 0 Å². The van der Waals surface area contributed by atoms with Gasteiger partial charge in [0.05, 0.1) is 11.4 Å². The Hall–Kier alpha value is -0.790. The number of hydrogen-bond acceptors (Lipinski definition) is 1. The SMILES string of the molecule is CC1CCC(C(C)C)C(C2=CC(C3CC(C)CCC3C(C)C)=N[N]2)C1. The highest BCUT2D eigenvalue weighted by molar-refractivity contribution is 5.99. The fourth-order valence-corrected chi connectivity index (χ4v) is 5.77. The molecule has 1 aliphatic heterocycles. The molecule has 0 aromatic carbocycles. The molecule has 6 atom stereocenters. The first kappa shape index (κ1) is 19.0. The van der Waals surface area contributed by atoms with Gasteiger partial charge in [-0.25, -0.2) is 0 Å². The molecular formula is C23H39N2. The highest BCUT2D eigenvalue weighted by atomic mass is 15.3. The highest BCUT2D eigenvalue weighted by Crippen LogP contribution is 2.44. The molecule has 1 radical (unpaired) electrons. The number of nitrogens with zero attached hydrogens (tertiary/aromatic N) is 2. The molecule has 2 aliphatic carbocycles. The van der Waals surface area contributed by atoms with Crippen LogP contribution >= 0.6 is 0 Å². The lowest BCUT2D eigenvalue weighted by molar-refractivity contribution is 0.165. The largest absolute Gasteiger partial charge is 0.155 e. The zero-order chi connectivity index (χ0) is 18.1. The van der Waals surface area contributed by atoms with Crippen LogP contribution in [0.2, 0.25) is 0 Å². The Morgan fingerprint density at radius 3 is 1.88 bits per heavy atom. The molecule has 25 heavy (non-hydrogen) atoms. The standard InChI is InChI=1S/C23H39N2/c1-14(2)18-9-7-16(5)11-20(18)22-13-23(25-24-22)21-12-17(6)8-10-19(21)15(3)4/h13-21H,7-12H2,1-6H3. The molecule has 0 amide bonds. The van der Waals surface area contributed by atoms with E-state index in [4.69, 9.17) is 10.5 Å². The van der Waals surface area contributed by atoms with Crippen molar-refractivity contribution < 1.29 is 0 Å². The van der Waals surface area contributed by atoms with E-state index in [1.54, 1.807) is 0 Å². The van der Waals surface area contributed by atoms with Gasteiger partial charge in [-0.2, -0.15) is 10.5 Å². The van der Waals surface area contributed by atoms with Crippen LogP contribution in [0.15, 0.2) is 16.9 Å². The van der Waals surface area contributed by atoms with Crippen molar-refractivity contribution in [3.05, 3.63) is 11.8 Å². The van der Waals surface area contributed by atoms with Crippen molar-refractivity contribution in [2.75, 3.05) is 0 Å². The summed E-state index contributed by atoms with van der Waals surface area (Å²) in [5.41, 5.74) is 7.36. The maximum absolute atomic E-state index is 4.75. The lowest BCUT2D eigenvalue weighted by Crippen LogP contribution is -2.32.